The van der Waals surface area contributed by atoms with E-state index in [2.05, 4.69) is 43.2 Å². The molecule has 0 radical (unpaired) electrons. The highest BCUT2D eigenvalue weighted by atomic mass is 16.5. The maximum atomic E-state index is 11.6. The molecule has 4 nitrogen and oxygen atoms in total. The Balaban J connectivity index is 1.79. The minimum absolute atomic E-state index is 0.339. The van der Waals surface area contributed by atoms with E-state index in [1.54, 1.807) is 10.9 Å². The molecule has 0 spiro atoms. The smallest absolute Gasteiger partial charge is 0.332 e. The van der Waals surface area contributed by atoms with Gasteiger partial charge < -0.3 is 4.74 Å². The van der Waals surface area contributed by atoms with Crippen molar-refractivity contribution in [3.05, 3.63) is 60.3 Å². The third-order valence-corrected chi connectivity index (χ3v) is 4.09. The van der Waals surface area contributed by atoms with E-state index in [4.69, 9.17) is 4.74 Å². The number of fused-ring (bicyclic) bond motifs is 1. The standard InChI is InChI=1S/C21H22N2O2/c1-3-4-13-25-21(24)11-12-23-15-18-10-9-17(14-20(18)22-23)19-8-6-5-7-16(19)2/h5-12,14-15H,3-4,13H2,1-2H3. The van der Waals surface area contributed by atoms with E-state index in [1.807, 2.05) is 24.4 Å². The van der Waals surface area contributed by atoms with Gasteiger partial charge in [-0.15, -0.1) is 0 Å². The van der Waals surface area contributed by atoms with Crippen molar-refractivity contribution in [2.45, 2.75) is 26.7 Å². The first-order valence-electron chi connectivity index (χ1n) is 8.57. The lowest BCUT2D eigenvalue weighted by Gasteiger charge is -2.05. The molecule has 0 aliphatic heterocycles. The Morgan fingerprint density at radius 3 is 2.88 bits per heavy atom. The second-order valence-electron chi connectivity index (χ2n) is 6.03. The average Bonchev–Trinajstić information content (AvgIpc) is 3.02. The summed E-state index contributed by atoms with van der Waals surface area (Å²) < 4.78 is 6.75. The third-order valence-electron chi connectivity index (χ3n) is 4.09. The molecule has 0 bridgehead atoms. The Kier molecular flexibility index (Phi) is 5.29. The van der Waals surface area contributed by atoms with Crippen molar-refractivity contribution in [2.75, 3.05) is 6.61 Å². The summed E-state index contributed by atoms with van der Waals surface area (Å²) >= 11 is 0. The number of rotatable bonds is 6. The molecule has 1 heterocycles. The van der Waals surface area contributed by atoms with Crippen LogP contribution in [-0.2, 0) is 9.53 Å². The fourth-order valence-electron chi connectivity index (χ4n) is 2.68. The van der Waals surface area contributed by atoms with Crippen LogP contribution >= 0.6 is 0 Å². The maximum Gasteiger partial charge on any atom is 0.332 e. The number of hydrogen-bond donors (Lipinski definition) is 0. The number of benzene rings is 2. The summed E-state index contributed by atoms with van der Waals surface area (Å²) in [7, 11) is 0. The molecule has 2 aromatic carbocycles. The number of hydrogen-bond acceptors (Lipinski definition) is 3. The molecule has 0 atom stereocenters. The van der Waals surface area contributed by atoms with Crippen LogP contribution in [0, 0.1) is 6.92 Å². The van der Waals surface area contributed by atoms with Gasteiger partial charge in [-0.3, -0.25) is 0 Å². The van der Waals surface area contributed by atoms with Crippen molar-refractivity contribution in [2.24, 2.45) is 0 Å². The predicted molar refractivity (Wildman–Crippen MR) is 101 cm³/mol. The van der Waals surface area contributed by atoms with Gasteiger partial charge in [0.05, 0.1) is 12.1 Å². The topological polar surface area (TPSA) is 44.1 Å². The van der Waals surface area contributed by atoms with E-state index in [0.29, 0.717) is 6.61 Å². The first-order valence-corrected chi connectivity index (χ1v) is 8.57. The lowest BCUT2D eigenvalue weighted by atomic mass is 10.00. The highest BCUT2D eigenvalue weighted by Crippen LogP contribution is 2.26. The van der Waals surface area contributed by atoms with E-state index in [-0.39, 0.29) is 5.97 Å². The van der Waals surface area contributed by atoms with Gasteiger partial charge in [0.2, 0.25) is 0 Å². The molecule has 0 N–H and O–H groups in total. The van der Waals surface area contributed by atoms with Crippen molar-refractivity contribution in [3.63, 3.8) is 0 Å². The van der Waals surface area contributed by atoms with Crippen LogP contribution < -0.4 is 0 Å². The number of carbonyl (C=O) groups is 1. The van der Waals surface area contributed by atoms with Gasteiger partial charge in [-0.2, -0.15) is 5.10 Å². The second-order valence-corrected chi connectivity index (χ2v) is 6.03. The first kappa shape index (κ1) is 17.0. The summed E-state index contributed by atoms with van der Waals surface area (Å²) in [5.41, 5.74) is 4.47. The zero-order valence-corrected chi connectivity index (χ0v) is 14.6. The van der Waals surface area contributed by atoms with Crippen molar-refractivity contribution >= 4 is 23.1 Å². The van der Waals surface area contributed by atoms with Crippen molar-refractivity contribution in [3.8, 4) is 11.1 Å². The highest BCUT2D eigenvalue weighted by molar-refractivity contribution is 5.87. The molecule has 0 fully saturated rings. The van der Waals surface area contributed by atoms with Gasteiger partial charge in [0.25, 0.3) is 0 Å². The molecule has 0 aliphatic rings. The number of nitrogens with zero attached hydrogens (tertiary/aromatic N) is 2. The SMILES string of the molecule is CCCCOC(=O)C=Cn1cc2ccc(-c3ccccc3C)cc2n1. The molecule has 4 heteroatoms. The van der Waals surface area contributed by atoms with Crippen LogP contribution in [0.2, 0.25) is 0 Å². The average molecular weight is 334 g/mol. The van der Waals surface area contributed by atoms with Crippen molar-refractivity contribution < 1.29 is 9.53 Å². The molecule has 0 unspecified atom stereocenters. The van der Waals surface area contributed by atoms with Crippen LogP contribution in [0.25, 0.3) is 28.2 Å². The van der Waals surface area contributed by atoms with Crippen molar-refractivity contribution in [1.82, 2.24) is 9.78 Å². The summed E-state index contributed by atoms with van der Waals surface area (Å²) in [5, 5.41) is 5.55. The largest absolute Gasteiger partial charge is 0.462 e. The lowest BCUT2D eigenvalue weighted by Crippen LogP contribution is -2.02. The third kappa shape index (κ3) is 4.15. The molecule has 0 saturated carbocycles. The van der Waals surface area contributed by atoms with Gasteiger partial charge in [0, 0.05) is 23.9 Å². The second kappa shape index (κ2) is 7.79. The molecule has 0 saturated heterocycles. The minimum atomic E-state index is -0.339. The van der Waals surface area contributed by atoms with E-state index in [1.165, 1.54) is 17.2 Å². The molecule has 3 aromatic rings. The van der Waals surface area contributed by atoms with E-state index in [9.17, 15) is 4.79 Å². The summed E-state index contributed by atoms with van der Waals surface area (Å²) in [4.78, 5) is 11.6. The van der Waals surface area contributed by atoms with Gasteiger partial charge in [-0.25, -0.2) is 9.48 Å². The zero-order valence-electron chi connectivity index (χ0n) is 14.6. The quantitative estimate of drug-likeness (QED) is 0.368. The minimum Gasteiger partial charge on any atom is -0.462 e. The Hall–Kier alpha value is -2.88. The van der Waals surface area contributed by atoms with Crippen LogP contribution in [0.3, 0.4) is 0 Å². The normalized spacial score (nSPS) is 11.3. The molecule has 0 aliphatic carbocycles. The molecule has 1 aromatic heterocycles. The van der Waals surface area contributed by atoms with Crippen LogP contribution in [0.5, 0.6) is 0 Å². The fraction of sp³-hybridized carbons (Fsp3) is 0.238. The number of esters is 1. The summed E-state index contributed by atoms with van der Waals surface area (Å²) in [6, 6.07) is 14.5. The highest BCUT2D eigenvalue weighted by Gasteiger charge is 2.05. The van der Waals surface area contributed by atoms with Gasteiger partial charge >= 0.3 is 5.97 Å². The Labute approximate surface area is 147 Å². The predicted octanol–water partition coefficient (Wildman–Crippen LogP) is 4.83. The number of aromatic nitrogens is 2. The lowest BCUT2D eigenvalue weighted by molar-refractivity contribution is -0.137. The Bertz CT molecular complexity index is 909. The first-order chi connectivity index (χ1) is 12.2. The summed E-state index contributed by atoms with van der Waals surface area (Å²) in [5.74, 6) is -0.339. The van der Waals surface area contributed by atoms with Crippen LogP contribution in [0.15, 0.2) is 54.7 Å². The Morgan fingerprint density at radius 1 is 1.24 bits per heavy atom. The molecule has 128 valence electrons. The molecular weight excluding hydrogens is 312 g/mol. The zero-order chi connectivity index (χ0) is 17.6. The van der Waals surface area contributed by atoms with Crippen molar-refractivity contribution in [1.29, 1.82) is 0 Å². The summed E-state index contributed by atoms with van der Waals surface area (Å²) in [6.07, 6.45) is 6.82. The monoisotopic (exact) mass is 334 g/mol. The van der Waals surface area contributed by atoms with Crippen LogP contribution in [0.4, 0.5) is 0 Å². The van der Waals surface area contributed by atoms with E-state index >= 15 is 0 Å². The van der Waals surface area contributed by atoms with E-state index < -0.39 is 0 Å². The van der Waals surface area contributed by atoms with E-state index in [0.717, 1.165) is 29.3 Å². The van der Waals surface area contributed by atoms with Gasteiger partial charge in [0.1, 0.15) is 0 Å². The number of ether oxygens (including phenoxy) is 1. The summed E-state index contributed by atoms with van der Waals surface area (Å²) in [6.45, 7) is 4.62. The maximum absolute atomic E-state index is 11.6. The number of carbonyl (C=O) groups excluding carboxylic acids is 1. The van der Waals surface area contributed by atoms with Crippen LogP contribution in [-0.4, -0.2) is 22.4 Å². The molecular formula is C21H22N2O2. The molecule has 3 rings (SSSR count). The molecule has 25 heavy (non-hydrogen) atoms. The fourth-order valence-corrected chi connectivity index (χ4v) is 2.68. The number of unbranched alkanes of at least 4 members (excludes halogenated alkanes) is 1. The Morgan fingerprint density at radius 2 is 2.08 bits per heavy atom. The van der Waals surface area contributed by atoms with Gasteiger partial charge in [-0.1, -0.05) is 49.7 Å². The van der Waals surface area contributed by atoms with Crippen LogP contribution in [0.1, 0.15) is 25.3 Å². The van der Waals surface area contributed by atoms with Gasteiger partial charge in [0.15, 0.2) is 0 Å². The number of aryl methyl sites for hydroxylation is 1. The molecule has 0 amide bonds. The van der Waals surface area contributed by atoms with Gasteiger partial charge in [-0.05, 0) is 36.1 Å².